The number of rotatable bonds is 38. The van der Waals surface area contributed by atoms with Crippen molar-refractivity contribution in [1.82, 2.24) is 63.1 Å². The smallest absolute Gasteiger partial charge is 0.312 e. The van der Waals surface area contributed by atoms with Gasteiger partial charge in [0, 0.05) is 76.6 Å². The van der Waals surface area contributed by atoms with Gasteiger partial charge in [-0.1, -0.05) is 98.2 Å². The molecule has 6 rings (SSSR count). The molecule has 2 heterocycles. The third-order valence-electron chi connectivity index (χ3n) is 16.7. The number of halogens is 1. The van der Waals surface area contributed by atoms with Crippen LogP contribution in [0.3, 0.4) is 0 Å². The number of carbonyl (C=O) groups is 13. The lowest BCUT2D eigenvalue weighted by Gasteiger charge is -2.31. The van der Waals surface area contributed by atoms with Crippen LogP contribution in [0.2, 0.25) is 5.02 Å². The molecule has 21 N–H and O–H groups in total. The number of fused-ring (bicyclic) bond motifs is 1. The van der Waals surface area contributed by atoms with Gasteiger partial charge in [0.15, 0.2) is 5.96 Å². The largest absolute Gasteiger partial charge is 0.508 e. The summed E-state index contributed by atoms with van der Waals surface area (Å²) in [4.78, 5) is 185. The number of benzene rings is 4. The first-order chi connectivity index (χ1) is 50.3. The molecule has 1 aromatic heterocycles. The molecule has 5 aromatic rings. The molecule has 1 fully saturated rings. The van der Waals surface area contributed by atoms with Gasteiger partial charge in [-0.05, 0) is 121 Å². The molecule has 10 atom stereocenters. The molecule has 33 nitrogen and oxygen atoms in total. The second kappa shape index (κ2) is 43.0. The molecule has 106 heavy (non-hydrogen) atoms. The van der Waals surface area contributed by atoms with E-state index in [2.05, 4.69) is 63.1 Å². The number of guanidine groups is 1. The number of likely N-dealkylation sites (tertiary alicyclic amines) is 1. The average Bonchev–Trinajstić information content (AvgIpc) is 1.47. The molecule has 34 heteroatoms. The van der Waals surface area contributed by atoms with Crippen molar-refractivity contribution in [3.63, 3.8) is 0 Å². The molecule has 0 bridgehead atoms. The zero-order chi connectivity index (χ0) is 78.2. The van der Waals surface area contributed by atoms with Gasteiger partial charge >= 0.3 is 6.03 Å². The highest BCUT2D eigenvalue weighted by Gasteiger charge is 2.40. The van der Waals surface area contributed by atoms with Crippen LogP contribution in [0, 0.1) is 5.92 Å². The number of aromatic nitrogens is 1. The lowest BCUT2D eigenvalue weighted by molar-refractivity contribution is -0.142. The third kappa shape index (κ3) is 29.3. The highest BCUT2D eigenvalue weighted by molar-refractivity contribution is 6.30. The summed E-state index contributed by atoms with van der Waals surface area (Å²) >= 11 is 6.23. The number of primary amides is 2. The number of phenolic OH excluding ortho intramolecular Hbond substituents is 1. The summed E-state index contributed by atoms with van der Waals surface area (Å²) in [5.41, 5.74) is 23.9. The number of urea groups is 1. The SMILES string of the molecule is CC(=O)N[C@H](Cc1ccc2ccccc2c1)C(=O)N[C@@H](Cc1ccc(Cl)cc1)C(=O)N[C@H](Cc1cccnc1)C(=O)N[C@H](CO)C(=O)N[C@H](Cc1ccc(O)cc1)C(=O)N[C@H](CCCNC(N)=O)C(=O)N[C@@H](CC(C)C)C(=O)N[C@@H](CCCN=C(N)N)C(=O)N1CCCC1C(=O)N[C@H](C)C(N)=O.CC(=O)O. The number of nitrogens with zero attached hydrogens (tertiary/aromatic N) is 3. The minimum atomic E-state index is -1.85. The number of aliphatic imine (C=N–C) groups is 1. The minimum Gasteiger partial charge on any atom is -0.508 e. The van der Waals surface area contributed by atoms with E-state index in [-0.39, 0.29) is 101 Å². The second-order valence-electron chi connectivity index (χ2n) is 25.9. The highest BCUT2D eigenvalue weighted by atomic mass is 35.5. The lowest BCUT2D eigenvalue weighted by Crippen LogP contribution is -2.61. The highest BCUT2D eigenvalue weighted by Crippen LogP contribution is 2.22. The van der Waals surface area contributed by atoms with Crippen molar-refractivity contribution >= 4 is 105 Å². The van der Waals surface area contributed by atoms with Crippen molar-refractivity contribution in [2.75, 3.05) is 26.2 Å². The van der Waals surface area contributed by atoms with Crippen molar-refractivity contribution in [2.45, 2.75) is 166 Å². The first-order valence-corrected chi connectivity index (χ1v) is 34.8. The number of hydrogen-bond donors (Lipinski definition) is 17. The molecule has 0 aliphatic carbocycles. The van der Waals surface area contributed by atoms with Crippen LogP contribution < -0.4 is 76.1 Å². The molecular formula is C72H96ClN17O16. The topological polar surface area (TPSA) is 535 Å². The molecule has 13 amide bonds. The van der Waals surface area contributed by atoms with Gasteiger partial charge in [0.1, 0.15) is 66.2 Å². The summed E-state index contributed by atoms with van der Waals surface area (Å²) in [5.74, 6) is -10.7. The summed E-state index contributed by atoms with van der Waals surface area (Å²) in [7, 11) is 0. The first kappa shape index (κ1) is 85.2. The summed E-state index contributed by atoms with van der Waals surface area (Å²) in [5, 5.41) is 57.0. The number of hydrogen-bond acceptors (Lipinski definition) is 17. The Kier molecular flexibility index (Phi) is 34.5. The zero-order valence-electron chi connectivity index (χ0n) is 59.6. The quantitative estimate of drug-likeness (QED) is 0.0133. The van der Waals surface area contributed by atoms with E-state index >= 15 is 0 Å². The van der Waals surface area contributed by atoms with Crippen molar-refractivity contribution in [3.8, 4) is 5.75 Å². The Bertz CT molecular complexity index is 3880. The molecule has 1 aliphatic rings. The number of aliphatic hydroxyl groups excluding tert-OH is 1. The number of carbonyl (C=O) groups excluding carboxylic acids is 12. The number of nitrogens with two attached hydrogens (primary N) is 4. The van der Waals surface area contributed by atoms with Crippen molar-refractivity contribution in [2.24, 2.45) is 33.8 Å². The van der Waals surface area contributed by atoms with E-state index in [1.54, 1.807) is 50.2 Å². The van der Waals surface area contributed by atoms with Crippen molar-refractivity contribution in [1.29, 1.82) is 0 Å². The summed E-state index contributed by atoms with van der Waals surface area (Å²) < 4.78 is 0. The Morgan fingerprint density at radius 2 is 1.05 bits per heavy atom. The molecule has 1 saturated heterocycles. The Morgan fingerprint density at radius 1 is 0.566 bits per heavy atom. The number of carboxylic acid groups (broad SMARTS) is 1. The molecule has 1 aliphatic heterocycles. The van der Waals surface area contributed by atoms with Gasteiger partial charge in [-0.15, -0.1) is 0 Å². The predicted octanol–water partition coefficient (Wildman–Crippen LogP) is -0.625. The number of aliphatic hydroxyl groups is 1. The van der Waals surface area contributed by atoms with Crippen LogP contribution >= 0.6 is 11.6 Å². The number of phenols is 1. The molecular weight excluding hydrogens is 1390 g/mol. The monoisotopic (exact) mass is 1490 g/mol. The summed E-state index contributed by atoms with van der Waals surface area (Å²) in [6, 6.07) is 13.5. The molecule has 0 radical (unpaired) electrons. The predicted molar refractivity (Wildman–Crippen MR) is 392 cm³/mol. The number of amides is 13. The average molecular weight is 1490 g/mol. The number of aromatic hydroxyl groups is 1. The molecule has 0 spiro atoms. The van der Waals surface area contributed by atoms with Gasteiger partial charge in [-0.25, -0.2) is 4.79 Å². The fourth-order valence-electron chi connectivity index (χ4n) is 11.4. The number of aliphatic carboxylic acids is 1. The standard InChI is InChI=1S/C70H92ClN17O14.C2H4O2/c1-39(2)31-52(61(94)82-51(15-9-28-77-69(73)74)68(101)88-30-10-16-58(88)67(100)79-40(3)59(72)92)83-60(93)50(14-8-29-78-70(75)102)81-63(96)54(34-43-20-25-49(91)26-21-43)86-66(99)57(38-89)87-65(98)56(36-45-11-7-27-76-37-45)85-64(97)55(33-42-18-23-48(71)24-19-42)84-62(95)53(80-41(4)90)35-44-17-22-46-12-5-6-13-47(46)32-44;1-2(3)4/h5-7,11-13,17-27,32,37,39-40,50-58,89,91H,8-10,14-16,28-31,33-36,38H2,1-4H3,(H2,72,92)(H,79,100)(H,80,90)(H,81,96)(H,82,94)(H,83,93)(H,84,95)(H,85,97)(H,86,99)(H,87,98)(H4,73,74,77)(H3,75,78,102);1H3,(H,3,4)/t40-,50-,51+,52+,53-,54-,55+,56-,57-,58?;/m1./s1. The van der Waals surface area contributed by atoms with Gasteiger partial charge in [0.05, 0.1) is 6.61 Å². The van der Waals surface area contributed by atoms with Crippen molar-refractivity contribution in [3.05, 3.63) is 143 Å². The van der Waals surface area contributed by atoms with E-state index in [4.69, 9.17) is 44.4 Å². The lowest BCUT2D eigenvalue weighted by atomic mass is 9.99. The van der Waals surface area contributed by atoms with Gasteiger partial charge in [-0.3, -0.25) is 67.5 Å². The number of pyridine rings is 1. The van der Waals surface area contributed by atoms with E-state index in [0.717, 1.165) is 17.7 Å². The fraction of sp³-hybridized carbons (Fsp3) is 0.431. The van der Waals surface area contributed by atoms with Crippen LogP contribution in [0.25, 0.3) is 10.8 Å². The van der Waals surface area contributed by atoms with Gasteiger partial charge in [0.2, 0.25) is 65.0 Å². The molecule has 4 aromatic carbocycles. The van der Waals surface area contributed by atoms with Gasteiger partial charge in [-0.2, -0.15) is 0 Å². The molecule has 1 unspecified atom stereocenters. The number of nitrogens with one attached hydrogen (secondary N) is 10. The van der Waals surface area contributed by atoms with Crippen LogP contribution in [0.1, 0.15) is 102 Å². The van der Waals surface area contributed by atoms with E-state index in [1.165, 1.54) is 55.4 Å². The van der Waals surface area contributed by atoms with Crippen LogP contribution in [0.5, 0.6) is 5.75 Å². The van der Waals surface area contributed by atoms with Crippen LogP contribution in [-0.4, -0.2) is 195 Å². The number of carboxylic acids is 1. The zero-order valence-corrected chi connectivity index (χ0v) is 60.4. The maximum Gasteiger partial charge on any atom is 0.312 e. The van der Waals surface area contributed by atoms with Crippen molar-refractivity contribution < 1.29 is 77.6 Å². The molecule has 572 valence electrons. The van der Waals surface area contributed by atoms with E-state index in [9.17, 15) is 67.7 Å². The second-order valence-corrected chi connectivity index (χ2v) is 26.3. The van der Waals surface area contributed by atoms with E-state index < -0.39 is 144 Å². The van der Waals surface area contributed by atoms with Crippen LogP contribution in [0.4, 0.5) is 4.79 Å². The Labute approximate surface area is 617 Å². The molecule has 0 saturated carbocycles. The van der Waals surface area contributed by atoms with Gasteiger partial charge in [0.25, 0.3) is 5.97 Å². The maximum atomic E-state index is 14.9. The Hall–Kier alpha value is -11.5. The Balaban J connectivity index is 0.00000491. The van der Waals surface area contributed by atoms with Gasteiger partial charge < -0.3 is 96.3 Å². The minimum absolute atomic E-state index is 0.000209. The van der Waals surface area contributed by atoms with E-state index in [1.807, 2.05) is 42.5 Å². The van der Waals surface area contributed by atoms with Crippen LogP contribution in [0.15, 0.2) is 121 Å². The van der Waals surface area contributed by atoms with Crippen LogP contribution in [-0.2, 0) is 83.2 Å². The normalized spacial score (nSPS) is 14.9. The summed E-state index contributed by atoms with van der Waals surface area (Å²) in [6.07, 6.45) is 2.70. The third-order valence-corrected chi connectivity index (χ3v) is 16.9. The summed E-state index contributed by atoms with van der Waals surface area (Å²) in [6.45, 7) is 6.23. The van der Waals surface area contributed by atoms with E-state index in [0.29, 0.717) is 33.7 Å². The first-order valence-electron chi connectivity index (χ1n) is 34.4. The maximum absolute atomic E-state index is 14.9. The fourth-order valence-corrected chi connectivity index (χ4v) is 11.5. The Morgan fingerprint density at radius 3 is 1.58 bits per heavy atom.